The number of ether oxygens (including phenoxy) is 1. The topological polar surface area (TPSA) is 83.2 Å². The lowest BCUT2D eigenvalue weighted by Crippen LogP contribution is -2.59. The third-order valence-electron chi connectivity index (χ3n) is 5.92. The van der Waals surface area contributed by atoms with Gasteiger partial charge < -0.3 is 14.6 Å². The highest BCUT2D eigenvalue weighted by Crippen LogP contribution is 2.35. The molecule has 1 atom stereocenters. The zero-order valence-corrected chi connectivity index (χ0v) is 18.8. The van der Waals surface area contributed by atoms with Gasteiger partial charge in [0.05, 0.1) is 30.4 Å². The molecular weight excluding hydrogens is 421 g/mol. The van der Waals surface area contributed by atoms with E-state index in [1.54, 1.807) is 37.7 Å². The Bertz CT molecular complexity index is 1220. The van der Waals surface area contributed by atoms with Crippen LogP contribution in [0.5, 0.6) is 5.75 Å². The second-order valence-corrected chi connectivity index (χ2v) is 8.17. The quantitative estimate of drug-likeness (QED) is 0.441. The van der Waals surface area contributed by atoms with Crippen molar-refractivity contribution in [2.24, 2.45) is 0 Å². The van der Waals surface area contributed by atoms with E-state index >= 15 is 0 Å². The Morgan fingerprint density at radius 1 is 1.27 bits per heavy atom. The molecule has 7 nitrogen and oxygen atoms in total. The summed E-state index contributed by atoms with van der Waals surface area (Å²) in [6.07, 6.45) is 7.58. The van der Waals surface area contributed by atoms with Crippen LogP contribution >= 0.6 is 0 Å². The Morgan fingerprint density at radius 3 is 2.70 bits per heavy atom. The van der Waals surface area contributed by atoms with E-state index in [0.29, 0.717) is 18.7 Å². The summed E-state index contributed by atoms with van der Waals surface area (Å²) in [6, 6.07) is 11.4. The maximum Gasteiger partial charge on any atom is 0.323 e. The summed E-state index contributed by atoms with van der Waals surface area (Å²) < 4.78 is 20.9. The lowest BCUT2D eigenvalue weighted by molar-refractivity contribution is 0.148. The second-order valence-electron chi connectivity index (χ2n) is 8.17. The predicted octanol–water partition coefficient (Wildman–Crippen LogP) is 4.65. The fourth-order valence-corrected chi connectivity index (χ4v) is 4.10. The van der Waals surface area contributed by atoms with Crippen LogP contribution in [0.25, 0.3) is 11.8 Å². The van der Waals surface area contributed by atoms with Crippen LogP contribution in [0.3, 0.4) is 0 Å². The summed E-state index contributed by atoms with van der Waals surface area (Å²) in [6.45, 7) is 4.29. The summed E-state index contributed by atoms with van der Waals surface area (Å²) >= 11 is 0. The number of benzene rings is 2. The van der Waals surface area contributed by atoms with Crippen LogP contribution in [-0.2, 0) is 5.54 Å². The Labute approximate surface area is 192 Å². The van der Waals surface area contributed by atoms with Crippen molar-refractivity contribution < 1.29 is 13.9 Å². The van der Waals surface area contributed by atoms with Gasteiger partial charge >= 0.3 is 6.03 Å². The molecule has 2 amide bonds. The van der Waals surface area contributed by atoms with E-state index in [2.05, 4.69) is 10.3 Å². The van der Waals surface area contributed by atoms with Gasteiger partial charge in [-0.05, 0) is 61.7 Å². The first kappa shape index (κ1) is 22.3. The van der Waals surface area contributed by atoms with Crippen molar-refractivity contribution in [3.05, 3.63) is 83.7 Å². The van der Waals surface area contributed by atoms with Gasteiger partial charge in [0.25, 0.3) is 0 Å². The monoisotopic (exact) mass is 447 g/mol. The van der Waals surface area contributed by atoms with Crippen molar-refractivity contribution >= 4 is 17.9 Å². The minimum atomic E-state index is -0.766. The first-order chi connectivity index (χ1) is 15.8. The van der Waals surface area contributed by atoms with Gasteiger partial charge in [-0.25, -0.2) is 14.2 Å². The number of urea groups is 1. The minimum absolute atomic E-state index is 0.0345. The molecule has 0 saturated carbocycles. The van der Waals surface area contributed by atoms with Crippen molar-refractivity contribution in [3.8, 4) is 11.4 Å². The summed E-state index contributed by atoms with van der Waals surface area (Å²) in [5.41, 5.74) is 2.58. The van der Waals surface area contributed by atoms with Crippen molar-refractivity contribution in [2.45, 2.75) is 25.8 Å². The van der Waals surface area contributed by atoms with E-state index in [1.807, 2.05) is 42.8 Å². The van der Waals surface area contributed by atoms with Crippen molar-refractivity contribution in [3.63, 3.8) is 0 Å². The Morgan fingerprint density at radius 2 is 2.03 bits per heavy atom. The summed E-state index contributed by atoms with van der Waals surface area (Å²) in [5, 5.41) is 11.5. The van der Waals surface area contributed by atoms with Gasteiger partial charge in [0, 0.05) is 12.7 Å². The van der Waals surface area contributed by atoms with Crippen LogP contribution < -0.4 is 10.1 Å². The van der Waals surface area contributed by atoms with Gasteiger partial charge in [-0.2, -0.15) is 0 Å². The number of halogens is 1. The SMILES string of the molecule is COc1cc(/C=C/C(=N)N2C(=O)NCCC2(C)c2ccc(F)cc2)ccc1-n1cnc(C)c1. The molecule has 1 aromatic heterocycles. The maximum absolute atomic E-state index is 13.5. The molecule has 0 spiro atoms. The molecule has 2 aromatic carbocycles. The highest BCUT2D eigenvalue weighted by molar-refractivity contribution is 6.05. The number of hydrogen-bond donors (Lipinski definition) is 2. The maximum atomic E-state index is 13.5. The smallest absolute Gasteiger partial charge is 0.323 e. The predicted molar refractivity (Wildman–Crippen MR) is 125 cm³/mol. The Hall–Kier alpha value is -3.94. The molecule has 1 unspecified atom stereocenters. The van der Waals surface area contributed by atoms with Crippen molar-refractivity contribution in [1.82, 2.24) is 19.8 Å². The number of hydrogen-bond acceptors (Lipinski definition) is 4. The van der Waals surface area contributed by atoms with E-state index in [4.69, 9.17) is 10.1 Å². The minimum Gasteiger partial charge on any atom is -0.495 e. The highest BCUT2D eigenvalue weighted by atomic mass is 19.1. The van der Waals surface area contributed by atoms with Gasteiger partial charge in [-0.1, -0.05) is 24.3 Å². The fraction of sp³-hybridized carbons (Fsp3) is 0.240. The van der Waals surface area contributed by atoms with Crippen molar-refractivity contribution in [1.29, 1.82) is 5.41 Å². The van der Waals surface area contributed by atoms with Crippen LogP contribution in [-0.4, -0.2) is 40.0 Å². The fourth-order valence-electron chi connectivity index (χ4n) is 4.10. The van der Waals surface area contributed by atoms with Crippen LogP contribution in [0.4, 0.5) is 9.18 Å². The first-order valence-corrected chi connectivity index (χ1v) is 10.6. The molecule has 0 radical (unpaired) electrons. The molecule has 1 saturated heterocycles. The van der Waals surface area contributed by atoms with Crippen LogP contribution in [0.2, 0.25) is 0 Å². The van der Waals surface area contributed by atoms with Gasteiger partial charge in [0.1, 0.15) is 17.4 Å². The third-order valence-corrected chi connectivity index (χ3v) is 5.92. The summed E-state index contributed by atoms with van der Waals surface area (Å²) in [4.78, 5) is 18.4. The van der Waals surface area contributed by atoms with Gasteiger partial charge in [-0.15, -0.1) is 0 Å². The number of aryl methyl sites for hydroxylation is 1. The first-order valence-electron chi connectivity index (χ1n) is 10.6. The lowest BCUT2D eigenvalue weighted by atomic mass is 9.85. The second kappa shape index (κ2) is 8.90. The zero-order valence-electron chi connectivity index (χ0n) is 18.8. The molecule has 33 heavy (non-hydrogen) atoms. The molecule has 3 aromatic rings. The largest absolute Gasteiger partial charge is 0.495 e. The van der Waals surface area contributed by atoms with E-state index in [1.165, 1.54) is 17.0 Å². The highest BCUT2D eigenvalue weighted by Gasteiger charge is 2.41. The number of carbonyl (C=O) groups is 1. The molecule has 0 aliphatic carbocycles. The number of nitrogens with zero attached hydrogens (tertiary/aromatic N) is 3. The Balaban J connectivity index is 1.61. The van der Waals surface area contributed by atoms with E-state index in [0.717, 1.165) is 22.5 Å². The average Bonchev–Trinajstić information content (AvgIpc) is 3.23. The van der Waals surface area contributed by atoms with E-state index in [-0.39, 0.29) is 17.7 Å². The summed E-state index contributed by atoms with van der Waals surface area (Å²) in [5.74, 6) is 0.354. The molecule has 0 bridgehead atoms. The number of amides is 2. The molecule has 1 fully saturated rings. The molecular formula is C25H26FN5O2. The number of nitrogens with one attached hydrogen (secondary N) is 2. The number of methoxy groups -OCH3 is 1. The van der Waals surface area contributed by atoms with E-state index < -0.39 is 5.54 Å². The number of carbonyl (C=O) groups excluding carboxylic acids is 1. The molecule has 170 valence electrons. The van der Waals surface area contributed by atoms with Crippen molar-refractivity contribution in [2.75, 3.05) is 13.7 Å². The van der Waals surface area contributed by atoms with Crippen LogP contribution in [0, 0.1) is 18.2 Å². The normalized spacial score (nSPS) is 18.4. The summed E-state index contributed by atoms with van der Waals surface area (Å²) in [7, 11) is 1.60. The standard InChI is InChI=1S/C25H26FN5O2/c1-17-15-30(16-29-17)21-10-4-18(14-22(21)33-3)5-11-23(27)31-24(32)28-13-12-25(31,2)19-6-8-20(26)9-7-19/h4-11,14-16,27H,12-13H2,1-3H3,(H,28,32)/b11-5+,27-23?. The molecule has 1 aliphatic heterocycles. The molecule has 2 heterocycles. The number of imidazole rings is 1. The van der Waals surface area contributed by atoms with E-state index in [9.17, 15) is 9.18 Å². The molecule has 2 N–H and O–H groups in total. The van der Waals surface area contributed by atoms with Crippen LogP contribution in [0.15, 0.2) is 61.1 Å². The molecule has 8 heteroatoms. The van der Waals surface area contributed by atoms with Gasteiger partial charge in [0.2, 0.25) is 0 Å². The number of amidine groups is 1. The third kappa shape index (κ3) is 4.37. The van der Waals surface area contributed by atoms with Crippen LogP contribution in [0.1, 0.15) is 30.2 Å². The number of rotatable bonds is 5. The lowest BCUT2D eigenvalue weighted by Gasteiger charge is -2.44. The molecule has 4 rings (SSSR count). The zero-order chi connectivity index (χ0) is 23.6. The molecule has 1 aliphatic rings. The Kier molecular flexibility index (Phi) is 6.00. The van der Waals surface area contributed by atoms with Gasteiger partial charge in [-0.3, -0.25) is 10.3 Å². The van der Waals surface area contributed by atoms with Gasteiger partial charge in [0.15, 0.2) is 0 Å². The average molecular weight is 448 g/mol. The number of aromatic nitrogens is 2.